The first-order chi connectivity index (χ1) is 23.2. The number of rotatable bonds is 10. The summed E-state index contributed by atoms with van der Waals surface area (Å²) in [6.07, 6.45) is 11.2. The topological polar surface area (TPSA) is 18.5 Å². The van der Waals surface area contributed by atoms with Crippen LogP contribution in [-0.2, 0) is 12.8 Å². The highest BCUT2D eigenvalue weighted by Gasteiger charge is 2.50. The fourth-order valence-electron chi connectivity index (χ4n) is 10.4. The molecule has 260 valence electrons. The average Bonchev–Trinajstić information content (AvgIpc) is 3.43. The van der Waals surface area contributed by atoms with Crippen LogP contribution in [0.4, 0.5) is 0 Å². The summed E-state index contributed by atoms with van der Waals surface area (Å²) < 4.78 is 15.5. The van der Waals surface area contributed by atoms with Gasteiger partial charge in [0.1, 0.15) is 11.5 Å². The monoisotopic (exact) mass is 688 g/mol. The molecule has 0 heterocycles. The summed E-state index contributed by atoms with van der Waals surface area (Å²) in [5, 5.41) is 5.12. The van der Waals surface area contributed by atoms with E-state index in [9.17, 15) is 0 Å². The minimum atomic E-state index is -2.26. The molecule has 0 aromatic heterocycles. The smallest absolute Gasteiger partial charge is 0.258 e. The van der Waals surface area contributed by atoms with Crippen LogP contribution in [0.1, 0.15) is 94.2 Å². The molecule has 0 fully saturated rings. The van der Waals surface area contributed by atoms with Crippen molar-refractivity contribution in [3.05, 3.63) is 96.1 Å². The van der Waals surface area contributed by atoms with Gasteiger partial charge in [0.2, 0.25) is 0 Å². The van der Waals surface area contributed by atoms with E-state index in [0.29, 0.717) is 33.2 Å². The fourth-order valence-corrected chi connectivity index (χ4v) is 21.0. The molecule has 4 aromatic carbocycles. The molecular formula is C45H60O2Si2. The summed E-state index contributed by atoms with van der Waals surface area (Å²) in [5.41, 5.74) is 8.14. The second-order valence-corrected chi connectivity index (χ2v) is 27.8. The van der Waals surface area contributed by atoms with E-state index in [0.717, 1.165) is 24.3 Å². The molecule has 2 aliphatic carbocycles. The van der Waals surface area contributed by atoms with E-state index < -0.39 is 16.6 Å². The second kappa shape index (κ2) is 13.2. The van der Waals surface area contributed by atoms with E-state index >= 15 is 0 Å². The van der Waals surface area contributed by atoms with Crippen molar-refractivity contribution in [3.8, 4) is 22.6 Å². The van der Waals surface area contributed by atoms with Gasteiger partial charge in [0.25, 0.3) is 16.6 Å². The summed E-state index contributed by atoms with van der Waals surface area (Å²) >= 11 is 0. The fraction of sp³-hybridized carbons (Fsp3) is 0.467. The van der Waals surface area contributed by atoms with Crippen LogP contribution in [0, 0.1) is 5.41 Å². The molecule has 0 amide bonds. The van der Waals surface area contributed by atoms with Gasteiger partial charge < -0.3 is 8.85 Å². The molecule has 4 heteroatoms. The first kappa shape index (κ1) is 35.7. The lowest BCUT2D eigenvalue weighted by Gasteiger charge is -2.43. The molecule has 49 heavy (non-hydrogen) atoms. The average molecular weight is 689 g/mol. The van der Waals surface area contributed by atoms with E-state index in [1.54, 1.807) is 0 Å². The van der Waals surface area contributed by atoms with Crippen LogP contribution in [0.2, 0.25) is 33.2 Å². The van der Waals surface area contributed by atoms with Gasteiger partial charge in [0.05, 0.1) is 0 Å². The van der Waals surface area contributed by atoms with E-state index in [4.69, 9.17) is 8.85 Å². The molecule has 0 saturated carbocycles. The quantitative estimate of drug-likeness (QED) is 0.154. The molecule has 1 spiro atoms. The SMILES string of the molecule is CC(C)[Si](Oc1cc2ccccc2c2c1CC1(C=CC=C1)Cc1c(O[Si](C(C)C)(C(C)C)C(C)C)cc3ccccc3c1-2)(C(C)C)C(C)C. The molecule has 0 N–H and O–H groups in total. The number of fused-ring (bicyclic) bond motifs is 7. The Morgan fingerprint density at radius 1 is 0.490 bits per heavy atom. The molecule has 0 bridgehead atoms. The van der Waals surface area contributed by atoms with Crippen molar-refractivity contribution in [1.29, 1.82) is 0 Å². The van der Waals surface area contributed by atoms with Gasteiger partial charge in [0.15, 0.2) is 0 Å². The molecule has 2 nitrogen and oxygen atoms in total. The number of hydrogen-bond acceptors (Lipinski definition) is 2. The van der Waals surface area contributed by atoms with Gasteiger partial charge in [-0.05, 0) is 90.9 Å². The maximum Gasteiger partial charge on any atom is 0.258 e. The molecule has 0 atom stereocenters. The minimum Gasteiger partial charge on any atom is -0.542 e. The normalized spacial score (nSPS) is 15.9. The van der Waals surface area contributed by atoms with Gasteiger partial charge in [-0.2, -0.15) is 0 Å². The largest absolute Gasteiger partial charge is 0.542 e. The molecule has 0 radical (unpaired) electrons. The van der Waals surface area contributed by atoms with Crippen LogP contribution in [0.5, 0.6) is 11.5 Å². The Kier molecular flexibility index (Phi) is 9.65. The van der Waals surface area contributed by atoms with Gasteiger partial charge in [0, 0.05) is 16.5 Å². The Hall–Kier alpha value is -3.09. The second-order valence-electron chi connectivity index (χ2n) is 17.0. The zero-order chi connectivity index (χ0) is 35.5. The molecule has 4 aromatic rings. The van der Waals surface area contributed by atoms with Crippen molar-refractivity contribution in [2.24, 2.45) is 5.41 Å². The molecule has 6 rings (SSSR count). The predicted octanol–water partition coefficient (Wildman–Crippen LogP) is 14.0. The molecule has 0 aliphatic heterocycles. The third kappa shape index (κ3) is 5.75. The van der Waals surface area contributed by atoms with Crippen molar-refractivity contribution in [3.63, 3.8) is 0 Å². The van der Waals surface area contributed by atoms with Gasteiger partial charge in [-0.15, -0.1) is 0 Å². The third-order valence-electron chi connectivity index (χ3n) is 12.4. The number of benzene rings is 4. The minimum absolute atomic E-state index is 0.156. The molecular weight excluding hydrogens is 629 g/mol. The lowest BCUT2D eigenvalue weighted by Crippen LogP contribution is -2.51. The van der Waals surface area contributed by atoms with Crippen LogP contribution in [-0.4, -0.2) is 16.6 Å². The molecule has 0 unspecified atom stereocenters. The Balaban J connectivity index is 1.77. The standard InChI is InChI=1S/C45H60O2Si2/c1-29(2)48(30(3)4,31(5)6)46-41-25-35-19-13-15-21-37(35)43-39(41)27-45(23-17-18-24-45)28-40-42(26-36-20-14-16-22-38(36)44(40)43)47-49(32(7)8,33(9)10)34(11)12/h13-26,29-34H,27-28H2,1-12H3. The van der Waals surface area contributed by atoms with Crippen molar-refractivity contribution in [1.82, 2.24) is 0 Å². The van der Waals surface area contributed by atoms with E-state index in [1.807, 2.05) is 0 Å². The molecule has 0 saturated heterocycles. The van der Waals surface area contributed by atoms with Crippen LogP contribution < -0.4 is 8.85 Å². The highest BCUT2D eigenvalue weighted by atomic mass is 28.4. The number of hydrogen-bond donors (Lipinski definition) is 0. The lowest BCUT2D eigenvalue weighted by atomic mass is 9.79. The third-order valence-corrected chi connectivity index (χ3v) is 24.4. The van der Waals surface area contributed by atoms with Crippen molar-refractivity contribution in [2.45, 2.75) is 129 Å². The summed E-state index contributed by atoms with van der Waals surface area (Å²) in [7, 11) is -4.53. The van der Waals surface area contributed by atoms with Crippen molar-refractivity contribution in [2.75, 3.05) is 0 Å². The summed E-state index contributed by atoms with van der Waals surface area (Å²) in [6.45, 7) is 28.8. The number of allylic oxidation sites excluding steroid dienone is 4. The van der Waals surface area contributed by atoms with E-state index in [1.165, 1.54) is 43.8 Å². The maximum absolute atomic E-state index is 7.75. The van der Waals surface area contributed by atoms with Crippen LogP contribution in [0.3, 0.4) is 0 Å². The van der Waals surface area contributed by atoms with Crippen molar-refractivity contribution < 1.29 is 8.85 Å². The Labute approximate surface area is 299 Å². The maximum atomic E-state index is 7.75. The van der Waals surface area contributed by atoms with Crippen molar-refractivity contribution >= 4 is 38.2 Å². The van der Waals surface area contributed by atoms with E-state index in [-0.39, 0.29) is 5.41 Å². The van der Waals surface area contributed by atoms with Crippen LogP contribution in [0.15, 0.2) is 85.0 Å². The zero-order valence-electron chi connectivity index (χ0n) is 32.3. The highest BCUT2D eigenvalue weighted by Crippen LogP contribution is 2.55. The van der Waals surface area contributed by atoms with Gasteiger partial charge in [-0.25, -0.2) is 0 Å². The van der Waals surface area contributed by atoms with Gasteiger partial charge in [-0.1, -0.05) is 156 Å². The Morgan fingerprint density at radius 3 is 1.14 bits per heavy atom. The first-order valence-electron chi connectivity index (χ1n) is 19.0. The summed E-state index contributed by atoms with van der Waals surface area (Å²) in [6, 6.07) is 22.8. The van der Waals surface area contributed by atoms with Crippen LogP contribution in [0.25, 0.3) is 32.7 Å². The Bertz CT molecular complexity index is 1730. The summed E-state index contributed by atoms with van der Waals surface area (Å²) in [5.74, 6) is 2.20. The van der Waals surface area contributed by atoms with Gasteiger partial charge in [-0.3, -0.25) is 0 Å². The highest BCUT2D eigenvalue weighted by molar-refractivity contribution is 6.78. The lowest BCUT2D eigenvalue weighted by molar-refractivity contribution is 0.444. The van der Waals surface area contributed by atoms with Crippen LogP contribution >= 0.6 is 0 Å². The predicted molar refractivity (Wildman–Crippen MR) is 218 cm³/mol. The van der Waals surface area contributed by atoms with E-state index in [2.05, 4.69) is 168 Å². The molecule has 2 aliphatic rings. The summed E-state index contributed by atoms with van der Waals surface area (Å²) in [4.78, 5) is 0. The van der Waals surface area contributed by atoms with Gasteiger partial charge >= 0.3 is 0 Å². The zero-order valence-corrected chi connectivity index (χ0v) is 34.3. The first-order valence-corrected chi connectivity index (χ1v) is 23.3. The Morgan fingerprint density at radius 2 is 0.816 bits per heavy atom.